The van der Waals surface area contributed by atoms with E-state index in [0.29, 0.717) is 17.4 Å². The zero-order valence-electron chi connectivity index (χ0n) is 12.1. The Bertz CT molecular complexity index is 454. The van der Waals surface area contributed by atoms with E-state index in [1.54, 1.807) is 0 Å². The largest absolute Gasteiger partial charge is 0.491 e. The number of hydrogen-bond donors (Lipinski definition) is 0. The summed E-state index contributed by atoms with van der Waals surface area (Å²) >= 11 is 5.87. The summed E-state index contributed by atoms with van der Waals surface area (Å²) in [4.78, 5) is 14.4. The van der Waals surface area contributed by atoms with Gasteiger partial charge in [-0.05, 0) is 50.8 Å². The Morgan fingerprint density at radius 2 is 2.10 bits per heavy atom. The maximum Gasteiger partial charge on any atom is 0.253 e. The van der Waals surface area contributed by atoms with Crippen LogP contribution in [0.3, 0.4) is 0 Å². The Hall–Kier alpha value is -1.22. The summed E-state index contributed by atoms with van der Waals surface area (Å²) in [7, 11) is 0. The topological polar surface area (TPSA) is 29.5 Å². The maximum atomic E-state index is 12.5. The molecule has 1 heterocycles. The van der Waals surface area contributed by atoms with Crippen LogP contribution in [-0.2, 0) is 0 Å². The second-order valence-corrected chi connectivity index (χ2v) is 5.89. The van der Waals surface area contributed by atoms with Crippen molar-refractivity contribution in [2.45, 2.75) is 32.8 Å². The zero-order valence-corrected chi connectivity index (χ0v) is 12.9. The van der Waals surface area contributed by atoms with Gasteiger partial charge in [0.05, 0.1) is 6.10 Å². The standard InChI is InChI=1S/C16H22ClNO2/c1-12(2)20-15-5-3-4-14(10-15)16(19)18-8-6-13(11-17)7-9-18/h3-5,10,12-13H,6-9,11H2,1-2H3. The summed E-state index contributed by atoms with van der Waals surface area (Å²) in [5.74, 6) is 2.09. The molecule has 0 radical (unpaired) electrons. The Morgan fingerprint density at radius 1 is 1.40 bits per heavy atom. The molecule has 1 aliphatic rings. The lowest BCUT2D eigenvalue weighted by Gasteiger charge is -2.31. The van der Waals surface area contributed by atoms with Gasteiger partial charge in [-0.3, -0.25) is 4.79 Å². The molecule has 0 spiro atoms. The maximum absolute atomic E-state index is 12.5. The molecule has 20 heavy (non-hydrogen) atoms. The van der Waals surface area contributed by atoms with Gasteiger partial charge in [0.25, 0.3) is 5.91 Å². The number of likely N-dealkylation sites (tertiary alicyclic amines) is 1. The molecule has 0 unspecified atom stereocenters. The Labute approximate surface area is 125 Å². The van der Waals surface area contributed by atoms with Crippen LogP contribution in [0.15, 0.2) is 24.3 Å². The molecule has 0 aliphatic carbocycles. The molecule has 4 heteroatoms. The third-order valence-corrected chi connectivity index (χ3v) is 4.01. The number of hydrogen-bond acceptors (Lipinski definition) is 2. The van der Waals surface area contributed by atoms with Crippen molar-refractivity contribution >= 4 is 17.5 Å². The fraction of sp³-hybridized carbons (Fsp3) is 0.562. The van der Waals surface area contributed by atoms with E-state index in [-0.39, 0.29) is 12.0 Å². The van der Waals surface area contributed by atoms with E-state index in [0.717, 1.165) is 31.7 Å². The van der Waals surface area contributed by atoms with Crippen LogP contribution in [0.25, 0.3) is 0 Å². The second kappa shape index (κ2) is 6.98. The Kier molecular flexibility index (Phi) is 5.30. The van der Waals surface area contributed by atoms with E-state index in [4.69, 9.17) is 16.3 Å². The van der Waals surface area contributed by atoms with Gasteiger partial charge in [0, 0.05) is 24.5 Å². The average molecular weight is 296 g/mol. The van der Waals surface area contributed by atoms with E-state index in [2.05, 4.69) is 0 Å². The van der Waals surface area contributed by atoms with Crippen LogP contribution >= 0.6 is 11.6 Å². The van der Waals surface area contributed by atoms with Gasteiger partial charge in [-0.15, -0.1) is 11.6 Å². The van der Waals surface area contributed by atoms with E-state index >= 15 is 0 Å². The highest BCUT2D eigenvalue weighted by Gasteiger charge is 2.23. The third-order valence-electron chi connectivity index (χ3n) is 3.57. The number of piperidine rings is 1. The van der Waals surface area contributed by atoms with Crippen LogP contribution in [0, 0.1) is 5.92 Å². The van der Waals surface area contributed by atoms with Crippen LogP contribution < -0.4 is 4.74 Å². The summed E-state index contributed by atoms with van der Waals surface area (Å²) in [6, 6.07) is 7.44. The minimum atomic E-state index is 0.0900. The molecule has 2 rings (SSSR count). The van der Waals surface area contributed by atoms with Gasteiger partial charge >= 0.3 is 0 Å². The molecule has 1 aliphatic heterocycles. The molecule has 1 fully saturated rings. The van der Waals surface area contributed by atoms with Crippen molar-refractivity contribution in [1.82, 2.24) is 4.90 Å². The molecular weight excluding hydrogens is 274 g/mol. The Balaban J connectivity index is 2.02. The lowest BCUT2D eigenvalue weighted by molar-refractivity contribution is 0.0697. The predicted octanol–water partition coefficient (Wildman–Crippen LogP) is 3.56. The molecule has 0 atom stereocenters. The molecule has 1 amide bonds. The molecule has 0 aromatic heterocycles. The summed E-state index contributed by atoms with van der Waals surface area (Å²) in [6.07, 6.45) is 2.11. The van der Waals surface area contributed by atoms with Crippen LogP contribution in [0.4, 0.5) is 0 Å². The highest BCUT2D eigenvalue weighted by molar-refractivity contribution is 6.18. The van der Waals surface area contributed by atoms with Crippen molar-refractivity contribution in [2.75, 3.05) is 19.0 Å². The highest BCUT2D eigenvalue weighted by Crippen LogP contribution is 2.21. The smallest absolute Gasteiger partial charge is 0.253 e. The Morgan fingerprint density at radius 3 is 2.70 bits per heavy atom. The molecular formula is C16H22ClNO2. The molecule has 1 saturated heterocycles. The van der Waals surface area contributed by atoms with Crippen LogP contribution in [0.2, 0.25) is 0 Å². The van der Waals surface area contributed by atoms with Gasteiger partial charge < -0.3 is 9.64 Å². The van der Waals surface area contributed by atoms with Crippen LogP contribution in [0.5, 0.6) is 5.75 Å². The summed E-state index contributed by atoms with van der Waals surface area (Å²) in [6.45, 7) is 5.55. The highest BCUT2D eigenvalue weighted by atomic mass is 35.5. The summed E-state index contributed by atoms with van der Waals surface area (Å²) in [5, 5.41) is 0. The number of halogens is 1. The number of benzene rings is 1. The minimum absolute atomic E-state index is 0.0900. The molecule has 1 aromatic rings. The SMILES string of the molecule is CC(C)Oc1cccc(C(=O)N2CCC(CCl)CC2)c1. The number of rotatable bonds is 4. The molecule has 0 bridgehead atoms. The van der Waals surface area contributed by atoms with Gasteiger partial charge in [-0.2, -0.15) is 0 Å². The molecule has 1 aromatic carbocycles. The lowest BCUT2D eigenvalue weighted by atomic mass is 9.98. The molecule has 0 N–H and O–H groups in total. The monoisotopic (exact) mass is 295 g/mol. The van der Waals surface area contributed by atoms with E-state index in [1.165, 1.54) is 0 Å². The van der Waals surface area contributed by atoms with Crippen molar-refractivity contribution in [1.29, 1.82) is 0 Å². The van der Waals surface area contributed by atoms with Gasteiger partial charge in [0.1, 0.15) is 5.75 Å². The first-order chi connectivity index (χ1) is 9.60. The fourth-order valence-electron chi connectivity index (χ4n) is 2.45. The average Bonchev–Trinajstić information content (AvgIpc) is 2.46. The molecule has 110 valence electrons. The number of amides is 1. The fourth-order valence-corrected chi connectivity index (χ4v) is 2.76. The van der Waals surface area contributed by atoms with Crippen LogP contribution in [-0.4, -0.2) is 35.9 Å². The van der Waals surface area contributed by atoms with E-state index < -0.39 is 0 Å². The van der Waals surface area contributed by atoms with E-state index in [1.807, 2.05) is 43.0 Å². The minimum Gasteiger partial charge on any atom is -0.491 e. The zero-order chi connectivity index (χ0) is 14.5. The van der Waals surface area contributed by atoms with Gasteiger partial charge in [0.15, 0.2) is 0 Å². The number of alkyl halides is 1. The number of nitrogens with zero attached hydrogens (tertiary/aromatic N) is 1. The number of ether oxygens (including phenoxy) is 1. The van der Waals surface area contributed by atoms with Crippen LogP contribution in [0.1, 0.15) is 37.0 Å². The first kappa shape index (κ1) is 15.2. The molecule has 0 saturated carbocycles. The van der Waals surface area contributed by atoms with Crippen molar-refractivity contribution in [3.63, 3.8) is 0 Å². The second-order valence-electron chi connectivity index (χ2n) is 5.58. The normalized spacial score (nSPS) is 16.5. The van der Waals surface area contributed by atoms with Gasteiger partial charge in [-0.1, -0.05) is 6.07 Å². The number of carbonyl (C=O) groups excluding carboxylic acids is 1. The summed E-state index contributed by atoms with van der Waals surface area (Å²) < 4.78 is 5.64. The van der Waals surface area contributed by atoms with E-state index in [9.17, 15) is 4.79 Å². The van der Waals surface area contributed by atoms with Crippen molar-refractivity contribution in [3.8, 4) is 5.75 Å². The first-order valence-electron chi connectivity index (χ1n) is 7.22. The predicted molar refractivity (Wildman–Crippen MR) is 81.6 cm³/mol. The quantitative estimate of drug-likeness (QED) is 0.795. The first-order valence-corrected chi connectivity index (χ1v) is 7.75. The van der Waals surface area contributed by atoms with Gasteiger partial charge in [0.2, 0.25) is 0 Å². The number of carbonyl (C=O) groups is 1. The summed E-state index contributed by atoms with van der Waals surface area (Å²) in [5.41, 5.74) is 0.701. The molecule has 3 nitrogen and oxygen atoms in total. The lowest BCUT2D eigenvalue weighted by Crippen LogP contribution is -2.38. The third kappa shape index (κ3) is 3.89. The van der Waals surface area contributed by atoms with Crippen molar-refractivity contribution in [3.05, 3.63) is 29.8 Å². The van der Waals surface area contributed by atoms with Gasteiger partial charge in [-0.25, -0.2) is 0 Å². The van der Waals surface area contributed by atoms with Crippen molar-refractivity contribution < 1.29 is 9.53 Å². The van der Waals surface area contributed by atoms with Crippen molar-refractivity contribution in [2.24, 2.45) is 5.92 Å².